The van der Waals surface area contributed by atoms with Gasteiger partial charge in [0.15, 0.2) is 0 Å². The van der Waals surface area contributed by atoms with Gasteiger partial charge in [-0.05, 0) is 53.4 Å². The number of benzene rings is 3. The van der Waals surface area contributed by atoms with Crippen molar-refractivity contribution in [2.45, 2.75) is 26.0 Å². The number of rotatable bonds is 9. The first-order valence-corrected chi connectivity index (χ1v) is 14.5. The number of hydrogen-bond donors (Lipinski definition) is 1. The summed E-state index contributed by atoms with van der Waals surface area (Å²) in [5, 5.41) is 14.6. The van der Waals surface area contributed by atoms with E-state index in [0.717, 1.165) is 30.8 Å². The monoisotopic (exact) mass is 594 g/mol. The average Bonchev–Trinajstić information content (AvgIpc) is 3.22. The minimum atomic E-state index is -0.902. The number of ketones is 1. The summed E-state index contributed by atoms with van der Waals surface area (Å²) in [6, 6.07) is 18.8. The molecule has 41 heavy (non-hydrogen) atoms. The lowest BCUT2D eigenvalue weighted by molar-refractivity contribution is -0.908. The van der Waals surface area contributed by atoms with Gasteiger partial charge in [0, 0.05) is 28.6 Å². The van der Waals surface area contributed by atoms with Gasteiger partial charge in [-0.2, -0.15) is 0 Å². The maximum atomic E-state index is 13.9. The molecule has 0 aliphatic carbocycles. The number of carbonyl (C=O) groups is 2. The number of likely N-dealkylation sites (tertiary alicyclic amines) is 1. The van der Waals surface area contributed by atoms with E-state index in [1.165, 1.54) is 9.80 Å². The third-order valence-electron chi connectivity index (χ3n) is 7.59. The van der Waals surface area contributed by atoms with Gasteiger partial charge in [0.25, 0.3) is 5.91 Å². The van der Waals surface area contributed by atoms with E-state index >= 15 is 0 Å². The highest BCUT2D eigenvalue weighted by atomic mass is 35.5. The number of halogens is 2. The molecular formula is C32H32Cl2N2O5. The van der Waals surface area contributed by atoms with Gasteiger partial charge >= 0.3 is 0 Å². The summed E-state index contributed by atoms with van der Waals surface area (Å²) >= 11 is 12.7. The van der Waals surface area contributed by atoms with Crippen LogP contribution < -0.4 is 14.7 Å². The lowest BCUT2D eigenvalue weighted by Gasteiger charge is -2.29. The minimum Gasteiger partial charge on any atom is -0.872 e. The second-order valence-corrected chi connectivity index (χ2v) is 11.2. The molecule has 1 amide bonds. The topological polar surface area (TPSA) is 83.3 Å². The fourth-order valence-electron chi connectivity index (χ4n) is 5.40. The van der Waals surface area contributed by atoms with Gasteiger partial charge in [-0.1, -0.05) is 71.4 Å². The lowest BCUT2D eigenvalue weighted by Crippen LogP contribution is -3.14. The van der Waals surface area contributed by atoms with E-state index in [9.17, 15) is 14.7 Å². The zero-order chi connectivity index (χ0) is 28.9. The molecule has 2 saturated heterocycles. The number of quaternary nitrogens is 1. The fourth-order valence-corrected chi connectivity index (χ4v) is 5.91. The maximum absolute atomic E-state index is 13.9. The Hall–Kier alpha value is -3.36. The highest BCUT2D eigenvalue weighted by molar-refractivity contribution is 6.47. The first kappa shape index (κ1) is 29.1. The molecule has 7 nitrogen and oxygen atoms in total. The molecule has 3 aromatic rings. The van der Waals surface area contributed by atoms with E-state index in [1.807, 2.05) is 37.3 Å². The minimum absolute atomic E-state index is 0.102. The Morgan fingerprint density at radius 3 is 2.51 bits per heavy atom. The van der Waals surface area contributed by atoms with Gasteiger partial charge in [0.2, 0.25) is 5.78 Å². The molecule has 2 aliphatic rings. The van der Waals surface area contributed by atoms with E-state index in [0.29, 0.717) is 59.7 Å². The third-order valence-corrected chi connectivity index (χ3v) is 8.15. The van der Waals surface area contributed by atoms with E-state index < -0.39 is 23.5 Å². The molecule has 9 heteroatoms. The van der Waals surface area contributed by atoms with Gasteiger partial charge in [-0.3, -0.25) is 9.59 Å². The Kier molecular flexibility index (Phi) is 9.30. The summed E-state index contributed by atoms with van der Waals surface area (Å²) in [5.74, 6) is -1.36. The molecule has 0 spiro atoms. The summed E-state index contributed by atoms with van der Waals surface area (Å²) in [6.07, 6.45) is 0.671. The SMILES string of the molecule is Cc1cc(/C([O-])=C2\C(=O)C(=O)N(CCC[NH+]3CCOCC3)C2c2ccc(Cl)cc2Cl)ccc1OCc1ccccc1. The van der Waals surface area contributed by atoms with E-state index in [-0.39, 0.29) is 5.57 Å². The number of amides is 1. The zero-order valence-electron chi connectivity index (χ0n) is 22.8. The van der Waals surface area contributed by atoms with Crippen molar-refractivity contribution in [3.63, 3.8) is 0 Å². The zero-order valence-corrected chi connectivity index (χ0v) is 24.3. The van der Waals surface area contributed by atoms with Gasteiger partial charge in [0.05, 0.1) is 25.8 Å². The van der Waals surface area contributed by atoms with Crippen molar-refractivity contribution in [3.8, 4) is 5.75 Å². The van der Waals surface area contributed by atoms with Crippen molar-refractivity contribution in [1.82, 2.24) is 4.90 Å². The normalized spacial score (nSPS) is 19.1. The largest absolute Gasteiger partial charge is 0.872 e. The number of morpholine rings is 1. The molecular weight excluding hydrogens is 563 g/mol. The Labute approximate surface area is 249 Å². The molecule has 5 rings (SSSR count). The summed E-state index contributed by atoms with van der Waals surface area (Å²) in [7, 11) is 0. The average molecular weight is 596 g/mol. The molecule has 0 radical (unpaired) electrons. The van der Waals surface area contributed by atoms with Crippen molar-refractivity contribution >= 4 is 40.7 Å². The van der Waals surface area contributed by atoms with Crippen LogP contribution in [-0.2, 0) is 20.9 Å². The molecule has 214 valence electrons. The van der Waals surface area contributed by atoms with Crippen LogP contribution in [0.15, 0.2) is 72.3 Å². The number of ether oxygens (including phenoxy) is 2. The molecule has 2 fully saturated rings. The second-order valence-electron chi connectivity index (χ2n) is 10.4. The van der Waals surface area contributed by atoms with Gasteiger partial charge in [0.1, 0.15) is 25.4 Å². The van der Waals surface area contributed by atoms with Crippen LogP contribution in [0.25, 0.3) is 5.76 Å². The van der Waals surface area contributed by atoms with E-state index in [4.69, 9.17) is 32.7 Å². The molecule has 1 N–H and O–H groups in total. The molecule has 0 aromatic heterocycles. The highest BCUT2D eigenvalue weighted by Crippen LogP contribution is 2.42. The molecule has 1 unspecified atom stereocenters. The quantitative estimate of drug-likeness (QED) is 0.233. The van der Waals surface area contributed by atoms with Crippen LogP contribution in [0, 0.1) is 6.92 Å². The number of nitrogens with zero attached hydrogens (tertiary/aromatic N) is 1. The molecule has 3 aromatic carbocycles. The van der Waals surface area contributed by atoms with Crippen molar-refractivity contribution in [2.24, 2.45) is 0 Å². The lowest BCUT2D eigenvalue weighted by atomic mass is 9.94. The smallest absolute Gasteiger partial charge is 0.295 e. The number of aryl methyl sites for hydroxylation is 1. The maximum Gasteiger partial charge on any atom is 0.295 e. The molecule has 0 saturated carbocycles. The first-order chi connectivity index (χ1) is 19.8. The molecule has 1 atom stereocenters. The van der Waals surface area contributed by atoms with Crippen LogP contribution in [0.1, 0.15) is 34.7 Å². The molecule has 0 bridgehead atoms. The van der Waals surface area contributed by atoms with Crippen LogP contribution >= 0.6 is 23.2 Å². The molecule has 2 aliphatic heterocycles. The van der Waals surface area contributed by atoms with Crippen molar-refractivity contribution < 1.29 is 29.1 Å². The second kappa shape index (κ2) is 13.1. The summed E-state index contributed by atoms with van der Waals surface area (Å²) < 4.78 is 11.4. The molecule has 2 heterocycles. The standard InChI is InChI=1S/C32H32Cl2N2O5/c1-21-18-23(8-11-27(21)41-20-22-6-3-2-4-7-22)30(37)28-29(25-10-9-24(33)19-26(25)34)36(32(39)31(28)38)13-5-12-35-14-16-40-17-15-35/h2-4,6-11,18-19,29,37H,5,12-17,20H2,1H3/b30-28+. The Morgan fingerprint density at radius 1 is 1.05 bits per heavy atom. The van der Waals surface area contributed by atoms with Crippen LogP contribution in [0.5, 0.6) is 5.75 Å². The van der Waals surface area contributed by atoms with Crippen LogP contribution in [0.3, 0.4) is 0 Å². The van der Waals surface area contributed by atoms with Gasteiger partial charge in [-0.25, -0.2) is 0 Å². The Bertz CT molecular complexity index is 1450. The number of carbonyl (C=O) groups excluding carboxylic acids is 2. The van der Waals surface area contributed by atoms with Crippen LogP contribution in [0.4, 0.5) is 0 Å². The number of nitrogens with one attached hydrogen (secondary N) is 1. The summed E-state index contributed by atoms with van der Waals surface area (Å²) in [4.78, 5) is 29.6. The van der Waals surface area contributed by atoms with Crippen LogP contribution in [0.2, 0.25) is 10.0 Å². The summed E-state index contributed by atoms with van der Waals surface area (Å²) in [5.41, 5.74) is 2.47. The van der Waals surface area contributed by atoms with E-state index in [2.05, 4.69) is 0 Å². The van der Waals surface area contributed by atoms with Crippen molar-refractivity contribution in [1.29, 1.82) is 0 Å². The Balaban J connectivity index is 1.44. The predicted molar refractivity (Wildman–Crippen MR) is 156 cm³/mol. The van der Waals surface area contributed by atoms with E-state index in [1.54, 1.807) is 36.4 Å². The van der Waals surface area contributed by atoms with Crippen molar-refractivity contribution in [2.75, 3.05) is 39.4 Å². The van der Waals surface area contributed by atoms with Crippen molar-refractivity contribution in [3.05, 3.63) is 105 Å². The van der Waals surface area contributed by atoms with Crippen LogP contribution in [-0.4, -0.2) is 56.0 Å². The Morgan fingerprint density at radius 2 is 1.80 bits per heavy atom. The predicted octanol–water partition coefficient (Wildman–Crippen LogP) is 3.41. The third kappa shape index (κ3) is 6.60. The summed E-state index contributed by atoms with van der Waals surface area (Å²) in [6.45, 7) is 6.60. The number of Topliss-reactive ketones (excluding diaryl/α,β-unsaturated/α-hetero) is 1. The fraction of sp³-hybridized carbons (Fsp3) is 0.312. The van der Waals surface area contributed by atoms with Gasteiger partial charge < -0.3 is 24.4 Å². The first-order valence-electron chi connectivity index (χ1n) is 13.7. The number of hydrogen-bond acceptors (Lipinski definition) is 5. The highest BCUT2D eigenvalue weighted by Gasteiger charge is 2.44. The van der Waals surface area contributed by atoms with Gasteiger partial charge in [-0.15, -0.1) is 0 Å².